The first-order valence-electron chi connectivity index (χ1n) is 4.86. The predicted octanol–water partition coefficient (Wildman–Crippen LogP) is 0.348. The van der Waals surface area contributed by atoms with Crippen molar-refractivity contribution in [3.05, 3.63) is 34.0 Å². The molecule has 0 aromatic carbocycles. The molecule has 0 spiro atoms. The van der Waals surface area contributed by atoms with E-state index in [1.807, 2.05) is 0 Å². The summed E-state index contributed by atoms with van der Waals surface area (Å²) in [5, 5.41) is 12.6. The standard InChI is InChI=1S/C10H11N3O3/c1-6-7(2-3-8(14)15)4-13-9(6)10(16)11-5-12-13/h4-5H,2-3H2,1H3,(H,14,15)(H,11,12,16). The van der Waals surface area contributed by atoms with Crippen molar-refractivity contribution < 1.29 is 9.90 Å². The Morgan fingerprint density at radius 1 is 1.62 bits per heavy atom. The van der Waals surface area contributed by atoms with Gasteiger partial charge in [0.1, 0.15) is 11.8 Å². The molecule has 0 bridgehead atoms. The molecule has 0 fully saturated rings. The SMILES string of the molecule is Cc1c(CCC(=O)O)cn2nc[nH]c(=O)c12. The zero-order valence-corrected chi connectivity index (χ0v) is 8.73. The summed E-state index contributed by atoms with van der Waals surface area (Å²) < 4.78 is 1.48. The molecule has 6 heteroatoms. The number of rotatable bonds is 3. The number of carbonyl (C=O) groups is 1. The van der Waals surface area contributed by atoms with E-state index in [9.17, 15) is 9.59 Å². The zero-order valence-electron chi connectivity index (χ0n) is 8.73. The molecule has 0 saturated carbocycles. The molecule has 2 N–H and O–H groups in total. The number of aliphatic carboxylic acids is 1. The smallest absolute Gasteiger partial charge is 0.303 e. The number of hydrogen-bond acceptors (Lipinski definition) is 3. The minimum absolute atomic E-state index is 0.0512. The Morgan fingerprint density at radius 3 is 3.00 bits per heavy atom. The van der Waals surface area contributed by atoms with Crippen molar-refractivity contribution in [3.8, 4) is 0 Å². The maximum Gasteiger partial charge on any atom is 0.303 e. The van der Waals surface area contributed by atoms with Crippen LogP contribution in [0.1, 0.15) is 17.5 Å². The van der Waals surface area contributed by atoms with Crippen molar-refractivity contribution in [3.63, 3.8) is 0 Å². The molecule has 16 heavy (non-hydrogen) atoms. The third-order valence-corrected chi connectivity index (χ3v) is 2.55. The van der Waals surface area contributed by atoms with E-state index in [2.05, 4.69) is 10.1 Å². The van der Waals surface area contributed by atoms with Gasteiger partial charge in [0.05, 0.1) is 0 Å². The van der Waals surface area contributed by atoms with Crippen molar-refractivity contribution in [2.24, 2.45) is 0 Å². The minimum atomic E-state index is -0.850. The molecule has 0 amide bonds. The van der Waals surface area contributed by atoms with Crippen LogP contribution < -0.4 is 5.56 Å². The largest absolute Gasteiger partial charge is 0.481 e. The number of nitrogens with one attached hydrogen (secondary N) is 1. The van der Waals surface area contributed by atoms with Gasteiger partial charge in [0.25, 0.3) is 5.56 Å². The van der Waals surface area contributed by atoms with Crippen LogP contribution in [0, 0.1) is 6.92 Å². The van der Waals surface area contributed by atoms with Crippen LogP contribution in [0.5, 0.6) is 0 Å². The van der Waals surface area contributed by atoms with Gasteiger partial charge in [0, 0.05) is 12.6 Å². The fourth-order valence-electron chi connectivity index (χ4n) is 1.71. The average Bonchev–Trinajstić information content (AvgIpc) is 2.54. The summed E-state index contributed by atoms with van der Waals surface area (Å²) in [4.78, 5) is 24.5. The fraction of sp³-hybridized carbons (Fsp3) is 0.300. The van der Waals surface area contributed by atoms with Gasteiger partial charge in [-0.15, -0.1) is 0 Å². The fourth-order valence-corrected chi connectivity index (χ4v) is 1.71. The quantitative estimate of drug-likeness (QED) is 0.782. The van der Waals surface area contributed by atoms with Gasteiger partial charge in [-0.1, -0.05) is 0 Å². The number of aryl methyl sites for hydroxylation is 2. The number of aromatic nitrogens is 3. The van der Waals surface area contributed by atoms with Crippen LogP contribution in [-0.4, -0.2) is 25.7 Å². The van der Waals surface area contributed by atoms with E-state index in [1.165, 1.54) is 10.8 Å². The highest BCUT2D eigenvalue weighted by Crippen LogP contribution is 2.14. The molecule has 0 radical (unpaired) electrons. The van der Waals surface area contributed by atoms with Gasteiger partial charge in [0.2, 0.25) is 0 Å². The van der Waals surface area contributed by atoms with E-state index < -0.39 is 5.97 Å². The van der Waals surface area contributed by atoms with Crippen molar-refractivity contribution >= 4 is 11.5 Å². The number of nitrogens with zero attached hydrogens (tertiary/aromatic N) is 2. The summed E-state index contributed by atoms with van der Waals surface area (Å²) in [6.45, 7) is 1.80. The number of hydrogen-bond donors (Lipinski definition) is 2. The van der Waals surface area contributed by atoms with Gasteiger partial charge >= 0.3 is 5.97 Å². The molecule has 6 nitrogen and oxygen atoms in total. The first-order chi connectivity index (χ1) is 7.59. The van der Waals surface area contributed by atoms with Crippen LogP contribution in [0.25, 0.3) is 5.52 Å². The van der Waals surface area contributed by atoms with E-state index in [-0.39, 0.29) is 12.0 Å². The summed E-state index contributed by atoms with van der Waals surface area (Å²) in [7, 11) is 0. The molecule has 0 aliphatic heterocycles. The lowest BCUT2D eigenvalue weighted by molar-refractivity contribution is -0.136. The second kappa shape index (κ2) is 3.80. The van der Waals surface area contributed by atoms with Crippen LogP contribution in [0.15, 0.2) is 17.3 Å². The van der Waals surface area contributed by atoms with E-state index in [0.717, 1.165) is 11.1 Å². The molecular weight excluding hydrogens is 210 g/mol. The van der Waals surface area contributed by atoms with Crippen LogP contribution in [0.2, 0.25) is 0 Å². The summed E-state index contributed by atoms with van der Waals surface area (Å²) in [5.74, 6) is -0.850. The molecule has 2 aromatic heterocycles. The minimum Gasteiger partial charge on any atom is -0.481 e. The van der Waals surface area contributed by atoms with E-state index in [4.69, 9.17) is 5.11 Å². The van der Waals surface area contributed by atoms with Crippen molar-refractivity contribution in [2.75, 3.05) is 0 Å². The lowest BCUT2D eigenvalue weighted by Gasteiger charge is -1.95. The van der Waals surface area contributed by atoms with Crippen molar-refractivity contribution in [2.45, 2.75) is 19.8 Å². The first kappa shape index (κ1) is 10.4. The highest BCUT2D eigenvalue weighted by atomic mass is 16.4. The molecule has 0 aliphatic carbocycles. The van der Waals surface area contributed by atoms with Gasteiger partial charge in [-0.05, 0) is 24.5 Å². The van der Waals surface area contributed by atoms with Gasteiger partial charge in [-0.3, -0.25) is 9.59 Å². The number of carboxylic acids is 1. The van der Waals surface area contributed by atoms with Crippen LogP contribution in [0.4, 0.5) is 0 Å². The third-order valence-electron chi connectivity index (χ3n) is 2.55. The number of aromatic amines is 1. The highest BCUT2D eigenvalue weighted by molar-refractivity contribution is 5.67. The Hall–Kier alpha value is -2.11. The van der Waals surface area contributed by atoms with Gasteiger partial charge < -0.3 is 10.1 Å². The average molecular weight is 221 g/mol. The summed E-state index contributed by atoms with van der Waals surface area (Å²) >= 11 is 0. The third kappa shape index (κ3) is 1.69. The predicted molar refractivity (Wildman–Crippen MR) is 56.5 cm³/mol. The number of H-pyrrole nitrogens is 1. The summed E-state index contributed by atoms with van der Waals surface area (Å²) in [6, 6.07) is 0. The van der Waals surface area contributed by atoms with E-state index in [1.54, 1.807) is 13.1 Å². The highest BCUT2D eigenvalue weighted by Gasteiger charge is 2.11. The van der Waals surface area contributed by atoms with E-state index in [0.29, 0.717) is 11.9 Å². The van der Waals surface area contributed by atoms with Crippen LogP contribution in [-0.2, 0) is 11.2 Å². The molecule has 0 saturated heterocycles. The lowest BCUT2D eigenvalue weighted by atomic mass is 10.1. The maximum absolute atomic E-state index is 11.5. The Kier molecular flexibility index (Phi) is 2.47. The van der Waals surface area contributed by atoms with Gasteiger partial charge in [-0.25, -0.2) is 4.52 Å². The molecule has 2 rings (SSSR count). The van der Waals surface area contributed by atoms with Crippen molar-refractivity contribution in [1.29, 1.82) is 0 Å². The molecular formula is C10H11N3O3. The Labute approximate surface area is 90.5 Å². The number of fused-ring (bicyclic) bond motifs is 1. The zero-order chi connectivity index (χ0) is 11.7. The number of carboxylic acid groups (broad SMARTS) is 1. The maximum atomic E-state index is 11.5. The first-order valence-corrected chi connectivity index (χ1v) is 4.86. The summed E-state index contributed by atoms with van der Waals surface area (Å²) in [5.41, 5.74) is 1.89. The second-order valence-electron chi connectivity index (χ2n) is 3.58. The van der Waals surface area contributed by atoms with Crippen LogP contribution >= 0.6 is 0 Å². The molecule has 0 aliphatic rings. The lowest BCUT2D eigenvalue weighted by Crippen LogP contribution is -2.10. The van der Waals surface area contributed by atoms with Gasteiger partial charge in [0.15, 0.2) is 0 Å². The van der Waals surface area contributed by atoms with Gasteiger partial charge in [-0.2, -0.15) is 5.10 Å². The molecule has 84 valence electrons. The van der Waals surface area contributed by atoms with Crippen molar-refractivity contribution in [1.82, 2.24) is 14.6 Å². The Balaban J connectivity index is 2.48. The Morgan fingerprint density at radius 2 is 2.38 bits per heavy atom. The van der Waals surface area contributed by atoms with E-state index >= 15 is 0 Å². The summed E-state index contributed by atoms with van der Waals surface area (Å²) in [6.07, 6.45) is 3.47. The monoisotopic (exact) mass is 221 g/mol. The molecule has 0 atom stereocenters. The Bertz CT molecular complexity index is 597. The topological polar surface area (TPSA) is 87.5 Å². The van der Waals surface area contributed by atoms with Crippen LogP contribution in [0.3, 0.4) is 0 Å². The molecule has 2 aromatic rings. The second-order valence-corrected chi connectivity index (χ2v) is 3.58. The molecule has 0 unspecified atom stereocenters. The normalized spacial score (nSPS) is 10.8. The molecule has 2 heterocycles.